The van der Waals surface area contributed by atoms with Crippen molar-refractivity contribution in [2.45, 2.75) is 51.5 Å². The third-order valence-corrected chi connectivity index (χ3v) is 4.96. The molecule has 1 heterocycles. The van der Waals surface area contributed by atoms with Crippen LogP contribution in [0.15, 0.2) is 11.8 Å². The topological polar surface area (TPSA) is 49.6 Å². The van der Waals surface area contributed by atoms with E-state index < -0.39 is 0 Å². The molecule has 2 N–H and O–H groups in total. The highest BCUT2D eigenvalue weighted by Crippen LogP contribution is 2.25. The van der Waals surface area contributed by atoms with E-state index in [-0.39, 0.29) is 5.91 Å². The molecule has 4 heteroatoms. The van der Waals surface area contributed by atoms with E-state index in [0.29, 0.717) is 19.1 Å². The van der Waals surface area contributed by atoms with Crippen molar-refractivity contribution >= 4 is 5.91 Å². The van der Waals surface area contributed by atoms with Crippen LogP contribution in [0.5, 0.6) is 0 Å². The number of carbonyl (C=O) groups excluding carboxylic acids is 1. The average Bonchev–Trinajstić information content (AvgIpc) is 3.00. The van der Waals surface area contributed by atoms with Crippen molar-refractivity contribution in [1.82, 2.24) is 9.80 Å². The van der Waals surface area contributed by atoms with Crippen LogP contribution in [-0.4, -0.2) is 48.4 Å². The number of carbonyl (C=O) groups is 1. The molecule has 2 atom stereocenters. The smallest absolute Gasteiger partial charge is 0.240 e. The van der Waals surface area contributed by atoms with E-state index in [0.717, 1.165) is 31.7 Å². The summed E-state index contributed by atoms with van der Waals surface area (Å²) in [7, 11) is 1.91. The number of nitrogens with zero attached hydrogens (tertiary/aromatic N) is 2. The van der Waals surface area contributed by atoms with E-state index in [1.165, 1.54) is 25.0 Å². The minimum absolute atomic E-state index is 0.214. The zero-order valence-corrected chi connectivity index (χ0v) is 13.0. The van der Waals surface area contributed by atoms with Gasteiger partial charge in [0.1, 0.15) is 0 Å². The van der Waals surface area contributed by atoms with Gasteiger partial charge in [0.05, 0.1) is 6.54 Å². The fourth-order valence-electron chi connectivity index (χ4n) is 3.41. The molecule has 1 aliphatic heterocycles. The van der Waals surface area contributed by atoms with E-state index in [1.807, 2.05) is 11.9 Å². The number of likely N-dealkylation sites (tertiary alicyclic amines) is 1. The Bertz CT molecular complexity index is 367. The Kier molecular flexibility index (Phi) is 5.61. The SMILES string of the molecule is CCC1CCN(CC(=O)N(C)C2=CCCC2)C(CN)C1. The Balaban J connectivity index is 1.89. The van der Waals surface area contributed by atoms with Crippen LogP contribution in [0.2, 0.25) is 0 Å². The summed E-state index contributed by atoms with van der Waals surface area (Å²) in [6.45, 7) is 4.45. The molecule has 0 saturated carbocycles. The van der Waals surface area contributed by atoms with E-state index in [2.05, 4.69) is 17.9 Å². The zero-order chi connectivity index (χ0) is 14.5. The molecule has 1 fully saturated rings. The molecule has 1 amide bonds. The second-order valence-electron chi connectivity index (χ2n) is 6.20. The van der Waals surface area contributed by atoms with Crippen LogP contribution in [0, 0.1) is 5.92 Å². The van der Waals surface area contributed by atoms with Gasteiger partial charge in [-0.1, -0.05) is 19.4 Å². The van der Waals surface area contributed by atoms with E-state index in [9.17, 15) is 4.79 Å². The molecule has 0 radical (unpaired) electrons. The molecule has 2 unspecified atom stereocenters. The molecule has 114 valence electrons. The van der Waals surface area contributed by atoms with Crippen LogP contribution in [0.3, 0.4) is 0 Å². The van der Waals surface area contributed by atoms with Gasteiger partial charge in [0.25, 0.3) is 0 Å². The van der Waals surface area contributed by atoms with Gasteiger partial charge in [-0.05, 0) is 44.6 Å². The van der Waals surface area contributed by atoms with Gasteiger partial charge in [0, 0.05) is 25.3 Å². The van der Waals surface area contributed by atoms with E-state index in [4.69, 9.17) is 5.73 Å². The summed E-state index contributed by atoms with van der Waals surface area (Å²) in [4.78, 5) is 16.6. The molecule has 0 aromatic rings. The number of likely N-dealkylation sites (N-methyl/N-ethyl adjacent to an activating group) is 1. The summed E-state index contributed by atoms with van der Waals surface area (Å²) < 4.78 is 0. The summed E-state index contributed by atoms with van der Waals surface area (Å²) >= 11 is 0. The minimum Gasteiger partial charge on any atom is -0.329 e. The van der Waals surface area contributed by atoms with Crippen LogP contribution < -0.4 is 5.73 Å². The van der Waals surface area contributed by atoms with Gasteiger partial charge in [-0.3, -0.25) is 9.69 Å². The highest BCUT2D eigenvalue weighted by atomic mass is 16.2. The van der Waals surface area contributed by atoms with Crippen molar-refractivity contribution in [3.63, 3.8) is 0 Å². The van der Waals surface area contributed by atoms with Gasteiger partial charge < -0.3 is 10.6 Å². The van der Waals surface area contributed by atoms with Crippen LogP contribution in [0.1, 0.15) is 45.4 Å². The quantitative estimate of drug-likeness (QED) is 0.837. The van der Waals surface area contributed by atoms with Gasteiger partial charge in [-0.15, -0.1) is 0 Å². The first-order valence-corrected chi connectivity index (χ1v) is 8.05. The van der Waals surface area contributed by atoms with Crippen LogP contribution >= 0.6 is 0 Å². The molecule has 1 saturated heterocycles. The maximum Gasteiger partial charge on any atom is 0.240 e. The summed E-state index contributed by atoms with van der Waals surface area (Å²) in [6, 6.07) is 0.378. The first-order valence-electron chi connectivity index (χ1n) is 8.05. The lowest BCUT2D eigenvalue weighted by Crippen LogP contribution is -2.50. The molecule has 20 heavy (non-hydrogen) atoms. The molecule has 0 spiro atoms. The zero-order valence-electron chi connectivity index (χ0n) is 13.0. The van der Waals surface area contributed by atoms with Crippen molar-refractivity contribution in [2.24, 2.45) is 11.7 Å². The summed E-state index contributed by atoms with van der Waals surface area (Å²) in [5, 5.41) is 0. The van der Waals surface area contributed by atoms with Gasteiger partial charge in [-0.25, -0.2) is 0 Å². The number of nitrogens with two attached hydrogens (primary N) is 1. The van der Waals surface area contributed by atoms with Crippen molar-refractivity contribution in [1.29, 1.82) is 0 Å². The summed E-state index contributed by atoms with van der Waals surface area (Å²) in [5.41, 5.74) is 7.10. The van der Waals surface area contributed by atoms with Crippen LogP contribution in [-0.2, 0) is 4.79 Å². The molecule has 0 aromatic carbocycles. The molecular weight excluding hydrogens is 250 g/mol. The van der Waals surface area contributed by atoms with Gasteiger partial charge in [0.15, 0.2) is 0 Å². The fraction of sp³-hybridized carbons (Fsp3) is 0.812. The van der Waals surface area contributed by atoms with Crippen molar-refractivity contribution in [3.05, 3.63) is 11.8 Å². The predicted octanol–water partition coefficient (Wildman–Crippen LogP) is 1.96. The number of amides is 1. The second-order valence-corrected chi connectivity index (χ2v) is 6.20. The van der Waals surface area contributed by atoms with E-state index >= 15 is 0 Å². The largest absolute Gasteiger partial charge is 0.329 e. The second kappa shape index (κ2) is 7.23. The van der Waals surface area contributed by atoms with Crippen molar-refractivity contribution in [3.8, 4) is 0 Å². The third-order valence-electron chi connectivity index (χ3n) is 4.96. The maximum atomic E-state index is 12.4. The minimum atomic E-state index is 0.214. The highest BCUT2D eigenvalue weighted by molar-refractivity contribution is 5.79. The monoisotopic (exact) mass is 279 g/mol. The lowest BCUT2D eigenvalue weighted by atomic mass is 9.89. The fourth-order valence-corrected chi connectivity index (χ4v) is 3.41. The first-order chi connectivity index (χ1) is 9.65. The number of hydrogen-bond acceptors (Lipinski definition) is 3. The average molecular weight is 279 g/mol. The first kappa shape index (κ1) is 15.5. The molecule has 1 aliphatic carbocycles. The number of rotatable bonds is 5. The molecule has 2 aliphatic rings. The van der Waals surface area contributed by atoms with Crippen LogP contribution in [0.4, 0.5) is 0 Å². The standard InChI is InChI=1S/C16H29N3O/c1-3-13-8-9-19(15(10-13)11-17)12-16(20)18(2)14-6-4-5-7-14/h6,13,15H,3-5,7-12,17H2,1-2H3. The number of hydrogen-bond donors (Lipinski definition) is 1. The predicted molar refractivity (Wildman–Crippen MR) is 82.1 cm³/mol. The Hall–Kier alpha value is -0.870. The maximum absolute atomic E-state index is 12.4. The van der Waals surface area contributed by atoms with Crippen molar-refractivity contribution < 1.29 is 4.79 Å². The lowest BCUT2D eigenvalue weighted by molar-refractivity contribution is -0.130. The molecule has 4 nitrogen and oxygen atoms in total. The van der Waals surface area contributed by atoms with Gasteiger partial charge in [-0.2, -0.15) is 0 Å². The third kappa shape index (κ3) is 3.61. The van der Waals surface area contributed by atoms with Crippen LogP contribution in [0.25, 0.3) is 0 Å². The van der Waals surface area contributed by atoms with Gasteiger partial charge in [0.2, 0.25) is 5.91 Å². The lowest BCUT2D eigenvalue weighted by Gasteiger charge is -2.39. The Morgan fingerprint density at radius 2 is 2.35 bits per heavy atom. The Morgan fingerprint density at radius 1 is 1.55 bits per heavy atom. The number of allylic oxidation sites excluding steroid dienone is 2. The summed E-state index contributed by atoms with van der Waals surface area (Å²) in [5.74, 6) is 0.997. The summed E-state index contributed by atoms with van der Waals surface area (Å²) in [6.07, 6.45) is 9.10. The normalized spacial score (nSPS) is 27.4. The molecule has 0 aromatic heterocycles. The molecule has 0 bridgehead atoms. The molecule has 2 rings (SSSR count). The van der Waals surface area contributed by atoms with Gasteiger partial charge >= 0.3 is 0 Å². The van der Waals surface area contributed by atoms with Crippen molar-refractivity contribution in [2.75, 3.05) is 26.7 Å². The Morgan fingerprint density at radius 3 is 2.95 bits per heavy atom. The number of piperidine rings is 1. The highest BCUT2D eigenvalue weighted by Gasteiger charge is 2.29. The molecular formula is C16H29N3O. The van der Waals surface area contributed by atoms with E-state index in [1.54, 1.807) is 0 Å². The Labute approximate surface area is 123 Å².